The maximum absolute atomic E-state index is 11.0. The number of benzene rings is 2. The van der Waals surface area contributed by atoms with Crippen LogP contribution in [0.15, 0.2) is 40.8 Å². The van der Waals surface area contributed by atoms with E-state index in [-0.39, 0.29) is 5.56 Å². The van der Waals surface area contributed by atoms with Gasteiger partial charge in [0.1, 0.15) is 5.52 Å². The molecule has 21 heavy (non-hydrogen) atoms. The fourth-order valence-corrected chi connectivity index (χ4v) is 2.49. The van der Waals surface area contributed by atoms with Crippen LogP contribution in [0.2, 0.25) is 0 Å². The normalized spacial score (nSPS) is 13.5. The Hall–Kier alpha value is -2.66. The maximum atomic E-state index is 11.0. The van der Waals surface area contributed by atoms with Gasteiger partial charge in [0, 0.05) is 5.56 Å². The fraction of sp³-hybridized carbons (Fsp3) is 0.125. The first-order chi connectivity index (χ1) is 10.2. The molecule has 104 valence electrons. The summed E-state index contributed by atoms with van der Waals surface area (Å²) < 4.78 is 11.1. The zero-order chi connectivity index (χ0) is 14.4. The van der Waals surface area contributed by atoms with Crippen LogP contribution in [-0.4, -0.2) is 16.1 Å². The van der Waals surface area contributed by atoms with E-state index in [1.165, 1.54) is 17.7 Å². The number of hydrogen-bond acceptors (Lipinski definition) is 4. The highest BCUT2D eigenvalue weighted by atomic mass is 16.5. The van der Waals surface area contributed by atoms with E-state index in [1.807, 2.05) is 18.2 Å². The van der Waals surface area contributed by atoms with Gasteiger partial charge in [-0.1, -0.05) is 6.07 Å². The minimum absolute atomic E-state index is 0.199. The summed E-state index contributed by atoms with van der Waals surface area (Å²) in [5.41, 5.74) is 4.51. The summed E-state index contributed by atoms with van der Waals surface area (Å²) in [6.45, 7) is 1.25. The molecule has 3 aromatic rings. The Kier molecular flexibility index (Phi) is 2.55. The summed E-state index contributed by atoms with van der Waals surface area (Å²) in [5, 5.41) is 9.00. The predicted octanol–water partition coefficient (Wildman–Crippen LogP) is 3.22. The van der Waals surface area contributed by atoms with Gasteiger partial charge in [-0.05, 0) is 41.5 Å². The van der Waals surface area contributed by atoms with E-state index in [0.717, 1.165) is 11.1 Å². The highest BCUT2D eigenvalue weighted by Crippen LogP contribution is 2.29. The zero-order valence-corrected chi connectivity index (χ0v) is 11.0. The molecule has 0 bridgehead atoms. The molecule has 2 aromatic carbocycles. The fourth-order valence-electron chi connectivity index (χ4n) is 2.49. The lowest BCUT2D eigenvalue weighted by Gasteiger charge is -1.99. The lowest BCUT2D eigenvalue weighted by atomic mass is 10.1. The van der Waals surface area contributed by atoms with Crippen LogP contribution in [0.1, 0.15) is 21.5 Å². The van der Waals surface area contributed by atoms with Crippen LogP contribution in [-0.2, 0) is 18.0 Å². The van der Waals surface area contributed by atoms with Gasteiger partial charge in [0.2, 0.25) is 5.89 Å². The molecule has 0 radical (unpaired) electrons. The van der Waals surface area contributed by atoms with Crippen molar-refractivity contribution in [3.8, 4) is 11.5 Å². The van der Waals surface area contributed by atoms with Crippen molar-refractivity contribution in [2.24, 2.45) is 0 Å². The lowest BCUT2D eigenvalue weighted by Crippen LogP contribution is -1.94. The molecule has 0 saturated carbocycles. The third kappa shape index (κ3) is 1.98. The van der Waals surface area contributed by atoms with Crippen LogP contribution in [0.5, 0.6) is 0 Å². The minimum Gasteiger partial charge on any atom is -0.478 e. The van der Waals surface area contributed by atoms with Crippen molar-refractivity contribution in [1.29, 1.82) is 0 Å². The molecule has 0 unspecified atom stereocenters. The number of fused-ring (bicyclic) bond motifs is 2. The molecular formula is C16H11NO4. The number of nitrogens with zero attached hydrogens (tertiary/aromatic N) is 1. The first kappa shape index (κ1) is 12.1. The molecule has 1 aliphatic rings. The number of rotatable bonds is 2. The first-order valence-electron chi connectivity index (χ1n) is 6.54. The molecule has 0 spiro atoms. The molecule has 4 rings (SSSR count). The molecule has 0 atom stereocenters. The van der Waals surface area contributed by atoms with Crippen molar-refractivity contribution in [2.45, 2.75) is 13.2 Å². The number of carbonyl (C=O) groups is 1. The Labute approximate surface area is 119 Å². The maximum Gasteiger partial charge on any atom is 0.335 e. The number of carboxylic acids is 1. The summed E-state index contributed by atoms with van der Waals surface area (Å²) in [6, 6.07) is 10.6. The first-order valence-corrected chi connectivity index (χ1v) is 6.54. The van der Waals surface area contributed by atoms with Crippen LogP contribution < -0.4 is 0 Å². The van der Waals surface area contributed by atoms with Crippen LogP contribution in [0.3, 0.4) is 0 Å². The summed E-state index contributed by atoms with van der Waals surface area (Å²) in [4.78, 5) is 15.4. The van der Waals surface area contributed by atoms with Crippen LogP contribution >= 0.6 is 0 Å². The predicted molar refractivity (Wildman–Crippen MR) is 74.9 cm³/mol. The number of oxazole rings is 1. The smallest absolute Gasteiger partial charge is 0.335 e. The number of aromatic carboxylic acids is 1. The van der Waals surface area contributed by atoms with Crippen molar-refractivity contribution < 1.29 is 19.1 Å². The SMILES string of the molecule is O=C(O)c1ccc2oc(-c3ccc4c(c3)COC4)nc2c1. The highest BCUT2D eigenvalue weighted by molar-refractivity contribution is 5.92. The largest absolute Gasteiger partial charge is 0.478 e. The van der Waals surface area contributed by atoms with E-state index in [0.29, 0.717) is 30.2 Å². The second-order valence-corrected chi connectivity index (χ2v) is 4.98. The van der Waals surface area contributed by atoms with Gasteiger partial charge < -0.3 is 14.3 Å². The molecule has 0 saturated heterocycles. The molecule has 0 amide bonds. The Morgan fingerprint density at radius 3 is 2.81 bits per heavy atom. The number of hydrogen-bond donors (Lipinski definition) is 1. The van der Waals surface area contributed by atoms with Crippen LogP contribution in [0.25, 0.3) is 22.6 Å². The van der Waals surface area contributed by atoms with Gasteiger partial charge in [0.25, 0.3) is 0 Å². The summed E-state index contributed by atoms with van der Waals surface area (Å²) in [6.07, 6.45) is 0. The van der Waals surface area contributed by atoms with Gasteiger partial charge in [-0.2, -0.15) is 0 Å². The van der Waals surface area contributed by atoms with Crippen molar-refractivity contribution in [3.05, 3.63) is 53.1 Å². The van der Waals surface area contributed by atoms with Gasteiger partial charge >= 0.3 is 5.97 Å². The van der Waals surface area contributed by atoms with Crippen molar-refractivity contribution in [2.75, 3.05) is 0 Å². The standard InChI is InChI=1S/C16H11NO4/c18-16(19)10-3-4-14-13(6-10)17-15(21-14)9-1-2-11-7-20-8-12(11)5-9/h1-6H,7-8H2,(H,18,19). The third-order valence-electron chi connectivity index (χ3n) is 3.60. The third-order valence-corrected chi connectivity index (χ3v) is 3.60. The lowest BCUT2D eigenvalue weighted by molar-refractivity contribution is 0.0697. The van der Waals surface area contributed by atoms with E-state index >= 15 is 0 Å². The average molecular weight is 281 g/mol. The average Bonchev–Trinajstić information content (AvgIpc) is 3.11. The topological polar surface area (TPSA) is 72.6 Å². The minimum atomic E-state index is -0.976. The molecule has 0 aliphatic carbocycles. The van der Waals surface area contributed by atoms with Crippen molar-refractivity contribution >= 4 is 17.1 Å². The van der Waals surface area contributed by atoms with Crippen molar-refractivity contribution in [1.82, 2.24) is 4.98 Å². The van der Waals surface area contributed by atoms with E-state index in [2.05, 4.69) is 4.98 Å². The van der Waals surface area contributed by atoms with E-state index in [4.69, 9.17) is 14.3 Å². The summed E-state index contributed by atoms with van der Waals surface area (Å²) in [5.74, 6) is -0.488. The number of carboxylic acid groups (broad SMARTS) is 1. The Bertz CT molecular complexity index is 866. The summed E-state index contributed by atoms with van der Waals surface area (Å²) >= 11 is 0. The number of ether oxygens (including phenoxy) is 1. The van der Waals surface area contributed by atoms with Gasteiger partial charge in [0.05, 0.1) is 18.8 Å². The quantitative estimate of drug-likeness (QED) is 0.780. The number of aromatic nitrogens is 1. The molecule has 2 heterocycles. The highest BCUT2D eigenvalue weighted by Gasteiger charge is 2.15. The van der Waals surface area contributed by atoms with E-state index < -0.39 is 5.97 Å². The Morgan fingerprint density at radius 2 is 1.95 bits per heavy atom. The molecule has 5 heteroatoms. The van der Waals surface area contributed by atoms with Crippen LogP contribution in [0, 0.1) is 0 Å². The molecule has 1 aliphatic heterocycles. The van der Waals surface area contributed by atoms with E-state index in [9.17, 15) is 4.79 Å². The van der Waals surface area contributed by atoms with Crippen LogP contribution in [0.4, 0.5) is 0 Å². The molecule has 0 fully saturated rings. The Balaban J connectivity index is 1.81. The van der Waals surface area contributed by atoms with Gasteiger partial charge in [-0.15, -0.1) is 0 Å². The zero-order valence-electron chi connectivity index (χ0n) is 11.0. The second-order valence-electron chi connectivity index (χ2n) is 4.98. The monoisotopic (exact) mass is 281 g/mol. The van der Waals surface area contributed by atoms with Gasteiger partial charge in [0.15, 0.2) is 5.58 Å². The summed E-state index contributed by atoms with van der Waals surface area (Å²) in [7, 11) is 0. The van der Waals surface area contributed by atoms with E-state index in [1.54, 1.807) is 6.07 Å². The molecule has 1 aromatic heterocycles. The van der Waals surface area contributed by atoms with Gasteiger partial charge in [-0.25, -0.2) is 9.78 Å². The second kappa shape index (κ2) is 4.43. The van der Waals surface area contributed by atoms with Gasteiger partial charge in [-0.3, -0.25) is 0 Å². The Morgan fingerprint density at radius 1 is 1.10 bits per heavy atom. The molecular weight excluding hydrogens is 270 g/mol. The molecule has 1 N–H and O–H groups in total. The molecule has 5 nitrogen and oxygen atoms in total. The van der Waals surface area contributed by atoms with Crippen molar-refractivity contribution in [3.63, 3.8) is 0 Å².